The normalized spacial score (nSPS) is 10.4. The lowest BCUT2D eigenvalue weighted by Gasteiger charge is -2.10. The van der Waals surface area contributed by atoms with Gasteiger partial charge in [0.25, 0.3) is 0 Å². The largest absolute Gasteiger partial charge is 0.392 e. The molecule has 2 rings (SSSR count). The molecule has 2 N–H and O–H groups in total. The lowest BCUT2D eigenvalue weighted by molar-refractivity contribution is -0.113. The van der Waals surface area contributed by atoms with Gasteiger partial charge in [-0.15, -0.1) is 11.8 Å². The highest BCUT2D eigenvalue weighted by molar-refractivity contribution is 8.00. The zero-order chi connectivity index (χ0) is 15.2. The quantitative estimate of drug-likeness (QED) is 0.831. The Morgan fingerprint density at radius 1 is 1.14 bits per heavy atom. The summed E-state index contributed by atoms with van der Waals surface area (Å²) in [5.41, 5.74) is 3.72. The topological polar surface area (TPSA) is 49.3 Å². The van der Waals surface area contributed by atoms with E-state index in [1.807, 2.05) is 56.3 Å². The first-order valence-electron chi connectivity index (χ1n) is 6.79. The van der Waals surface area contributed by atoms with Crippen molar-refractivity contribution in [3.63, 3.8) is 0 Å². The molecule has 0 bridgehead atoms. The molecule has 0 saturated heterocycles. The maximum Gasteiger partial charge on any atom is 0.234 e. The first kappa shape index (κ1) is 15.6. The van der Waals surface area contributed by atoms with Gasteiger partial charge >= 0.3 is 0 Å². The summed E-state index contributed by atoms with van der Waals surface area (Å²) in [6.07, 6.45) is 0. The number of hydrogen-bond acceptors (Lipinski definition) is 3. The molecule has 0 saturated carbocycles. The highest BCUT2D eigenvalue weighted by atomic mass is 32.2. The Bertz CT molecular complexity index is 640. The Kier molecular flexibility index (Phi) is 5.42. The molecule has 0 spiro atoms. The molecule has 0 atom stereocenters. The number of rotatable bonds is 5. The van der Waals surface area contributed by atoms with E-state index in [-0.39, 0.29) is 12.5 Å². The van der Waals surface area contributed by atoms with Crippen molar-refractivity contribution in [1.29, 1.82) is 0 Å². The van der Waals surface area contributed by atoms with Crippen LogP contribution >= 0.6 is 11.8 Å². The average Bonchev–Trinajstić information content (AvgIpc) is 2.48. The first-order valence-corrected chi connectivity index (χ1v) is 7.77. The van der Waals surface area contributed by atoms with E-state index < -0.39 is 0 Å². The van der Waals surface area contributed by atoms with Crippen molar-refractivity contribution >= 4 is 23.4 Å². The Labute approximate surface area is 129 Å². The van der Waals surface area contributed by atoms with Crippen LogP contribution in [0.1, 0.15) is 16.7 Å². The second kappa shape index (κ2) is 7.29. The van der Waals surface area contributed by atoms with Crippen molar-refractivity contribution in [3.8, 4) is 0 Å². The first-order chi connectivity index (χ1) is 10.1. The number of benzene rings is 2. The predicted molar refractivity (Wildman–Crippen MR) is 87.6 cm³/mol. The number of hydrogen-bond donors (Lipinski definition) is 2. The highest BCUT2D eigenvalue weighted by Gasteiger charge is 2.07. The fraction of sp³-hybridized carbons (Fsp3) is 0.235. The Morgan fingerprint density at radius 2 is 1.90 bits per heavy atom. The van der Waals surface area contributed by atoms with Gasteiger partial charge < -0.3 is 10.4 Å². The van der Waals surface area contributed by atoms with Gasteiger partial charge in [-0.1, -0.05) is 30.3 Å². The van der Waals surface area contributed by atoms with Gasteiger partial charge in [-0.25, -0.2) is 0 Å². The van der Waals surface area contributed by atoms with Gasteiger partial charge in [-0.05, 0) is 42.7 Å². The fourth-order valence-electron chi connectivity index (χ4n) is 1.95. The number of aliphatic hydroxyl groups excluding tert-OH is 1. The number of thioether (sulfide) groups is 1. The summed E-state index contributed by atoms with van der Waals surface area (Å²) in [5, 5.41) is 12.1. The van der Waals surface area contributed by atoms with Crippen LogP contribution in [0.25, 0.3) is 0 Å². The molecular formula is C17H19NO2S. The van der Waals surface area contributed by atoms with Crippen molar-refractivity contribution in [3.05, 3.63) is 59.2 Å². The van der Waals surface area contributed by atoms with Crippen LogP contribution in [-0.4, -0.2) is 16.8 Å². The number of carbonyl (C=O) groups is 1. The molecule has 4 heteroatoms. The molecule has 0 unspecified atom stereocenters. The summed E-state index contributed by atoms with van der Waals surface area (Å²) < 4.78 is 0. The van der Waals surface area contributed by atoms with Crippen molar-refractivity contribution < 1.29 is 9.90 Å². The smallest absolute Gasteiger partial charge is 0.234 e. The van der Waals surface area contributed by atoms with Gasteiger partial charge in [0.15, 0.2) is 0 Å². The second-order valence-electron chi connectivity index (χ2n) is 4.91. The van der Waals surface area contributed by atoms with Gasteiger partial charge in [-0.3, -0.25) is 4.79 Å². The highest BCUT2D eigenvalue weighted by Crippen LogP contribution is 2.22. The summed E-state index contributed by atoms with van der Waals surface area (Å²) in [6.45, 7) is 3.95. The van der Waals surface area contributed by atoms with E-state index in [1.54, 1.807) is 0 Å². The number of anilines is 1. The van der Waals surface area contributed by atoms with Crippen LogP contribution in [0.2, 0.25) is 0 Å². The van der Waals surface area contributed by atoms with E-state index in [1.165, 1.54) is 17.3 Å². The monoisotopic (exact) mass is 301 g/mol. The molecule has 0 aliphatic carbocycles. The number of aliphatic hydroxyl groups is 1. The zero-order valence-corrected chi connectivity index (χ0v) is 13.0. The lowest BCUT2D eigenvalue weighted by Crippen LogP contribution is -2.15. The van der Waals surface area contributed by atoms with Crippen molar-refractivity contribution in [2.24, 2.45) is 0 Å². The summed E-state index contributed by atoms with van der Waals surface area (Å²) >= 11 is 1.53. The summed E-state index contributed by atoms with van der Waals surface area (Å²) in [7, 11) is 0. The second-order valence-corrected chi connectivity index (χ2v) is 5.93. The fourth-order valence-corrected chi connectivity index (χ4v) is 2.78. The van der Waals surface area contributed by atoms with Crippen LogP contribution < -0.4 is 5.32 Å². The Morgan fingerprint density at radius 3 is 2.62 bits per heavy atom. The van der Waals surface area contributed by atoms with Crippen LogP contribution in [0.4, 0.5) is 5.69 Å². The molecular weight excluding hydrogens is 282 g/mol. The molecule has 21 heavy (non-hydrogen) atoms. The molecule has 0 aliphatic heterocycles. The van der Waals surface area contributed by atoms with E-state index in [9.17, 15) is 4.79 Å². The van der Waals surface area contributed by atoms with Crippen LogP contribution in [0.3, 0.4) is 0 Å². The summed E-state index contributed by atoms with van der Waals surface area (Å²) in [4.78, 5) is 13.2. The van der Waals surface area contributed by atoms with Crippen LogP contribution in [0.15, 0.2) is 47.4 Å². The molecule has 0 aliphatic rings. The molecule has 3 nitrogen and oxygen atoms in total. The summed E-state index contributed by atoms with van der Waals surface area (Å²) in [5.74, 6) is 0.328. The van der Waals surface area contributed by atoms with Crippen LogP contribution in [0, 0.1) is 13.8 Å². The standard InChI is InChI=1S/C17H19NO2S/c1-12-7-8-14(10-19)9-15(12)18-17(20)11-21-16-6-4-3-5-13(16)2/h3-9,19H,10-11H2,1-2H3,(H,18,20). The van der Waals surface area contributed by atoms with Gasteiger partial charge in [0, 0.05) is 10.6 Å². The maximum atomic E-state index is 12.1. The van der Waals surface area contributed by atoms with E-state index in [0.29, 0.717) is 5.75 Å². The minimum absolute atomic E-state index is 0.0267. The minimum Gasteiger partial charge on any atom is -0.392 e. The van der Waals surface area contributed by atoms with Crippen molar-refractivity contribution in [2.75, 3.05) is 11.1 Å². The predicted octanol–water partition coefficient (Wildman–Crippen LogP) is 3.53. The molecule has 110 valence electrons. The molecule has 1 amide bonds. The third kappa shape index (κ3) is 4.34. The van der Waals surface area contributed by atoms with Gasteiger partial charge in [0.1, 0.15) is 0 Å². The number of carbonyl (C=O) groups excluding carboxylic acids is 1. The SMILES string of the molecule is Cc1ccc(CO)cc1NC(=O)CSc1ccccc1C. The van der Waals surface area contributed by atoms with E-state index >= 15 is 0 Å². The summed E-state index contributed by atoms with van der Waals surface area (Å²) in [6, 6.07) is 13.6. The molecule has 0 fully saturated rings. The van der Waals surface area contributed by atoms with Gasteiger partial charge in [0.2, 0.25) is 5.91 Å². The molecule has 0 heterocycles. The number of aryl methyl sites for hydroxylation is 2. The van der Waals surface area contributed by atoms with Crippen molar-refractivity contribution in [1.82, 2.24) is 0 Å². The van der Waals surface area contributed by atoms with Gasteiger partial charge in [0.05, 0.1) is 12.4 Å². The maximum absolute atomic E-state index is 12.1. The molecule has 2 aromatic rings. The van der Waals surface area contributed by atoms with E-state index in [4.69, 9.17) is 5.11 Å². The molecule has 0 radical (unpaired) electrons. The Balaban J connectivity index is 1.97. The number of amides is 1. The average molecular weight is 301 g/mol. The molecule has 2 aromatic carbocycles. The van der Waals surface area contributed by atoms with Gasteiger partial charge in [-0.2, -0.15) is 0 Å². The third-order valence-electron chi connectivity index (χ3n) is 3.21. The van der Waals surface area contributed by atoms with Crippen LogP contribution in [0.5, 0.6) is 0 Å². The lowest BCUT2D eigenvalue weighted by atomic mass is 10.1. The molecule has 0 aromatic heterocycles. The van der Waals surface area contributed by atoms with E-state index in [2.05, 4.69) is 5.32 Å². The van der Waals surface area contributed by atoms with Crippen LogP contribution in [-0.2, 0) is 11.4 Å². The Hall–Kier alpha value is -1.78. The zero-order valence-electron chi connectivity index (χ0n) is 12.2. The van der Waals surface area contributed by atoms with E-state index in [0.717, 1.165) is 21.7 Å². The van der Waals surface area contributed by atoms with Crippen molar-refractivity contribution in [2.45, 2.75) is 25.3 Å². The minimum atomic E-state index is -0.0403. The number of nitrogens with one attached hydrogen (secondary N) is 1. The third-order valence-corrected chi connectivity index (χ3v) is 4.39.